The first-order chi connectivity index (χ1) is 26.4. The molecule has 6 nitrogen and oxygen atoms in total. The van der Waals surface area contributed by atoms with Crippen molar-refractivity contribution in [1.29, 1.82) is 0 Å². The minimum absolute atomic E-state index is 0. The van der Waals surface area contributed by atoms with Gasteiger partial charge in [-0.15, -0.1) is 29.7 Å². The molecule has 0 saturated heterocycles. The molecule has 7 heteroatoms. The van der Waals surface area contributed by atoms with Crippen molar-refractivity contribution in [3.63, 3.8) is 0 Å². The fourth-order valence-electron chi connectivity index (χ4n) is 8.17. The van der Waals surface area contributed by atoms with Gasteiger partial charge in [-0.2, -0.15) is 18.2 Å². The molecule has 11 rings (SSSR count). The Bertz CT molecular complexity index is 3240. The zero-order valence-corrected chi connectivity index (χ0v) is 32.6. The Morgan fingerprint density at radius 3 is 2.15 bits per heavy atom. The standard InChI is InChI=1S/C48H33N5O.Pt/c1-48(2,3)32-20-21-50-46(26-32)52-43-18-14-30(31-15-19-44-41(25-31)39-12-7-11-38-36-10-4-5-13-42(36)53(44)47(38)39)24-40(43)37-17-16-35(28-45(37)52)54-34-9-6-8-33(27-34)51-23-22-49-29-51;/h4-26,49H,1-3H3;/q-2;. The summed E-state index contributed by atoms with van der Waals surface area (Å²) >= 11 is 0. The predicted molar refractivity (Wildman–Crippen MR) is 216 cm³/mol. The number of aromatic nitrogens is 5. The van der Waals surface area contributed by atoms with E-state index < -0.39 is 0 Å². The molecule has 0 amide bonds. The molecule has 11 aromatic rings. The van der Waals surface area contributed by atoms with Crippen LogP contribution in [0.25, 0.3) is 82.5 Å². The Morgan fingerprint density at radius 2 is 1.35 bits per heavy atom. The van der Waals surface area contributed by atoms with Crippen molar-refractivity contribution < 1.29 is 30.8 Å². The van der Waals surface area contributed by atoms with E-state index in [0.29, 0.717) is 11.5 Å². The summed E-state index contributed by atoms with van der Waals surface area (Å²) in [6.45, 7) is 6.69. The summed E-state index contributed by atoms with van der Waals surface area (Å²) in [4.78, 5) is 7.87. The van der Waals surface area contributed by atoms with Gasteiger partial charge in [-0.1, -0.05) is 86.6 Å². The van der Waals surface area contributed by atoms with E-state index in [9.17, 15) is 0 Å². The maximum absolute atomic E-state index is 6.41. The number of fused-ring (bicyclic) bond motifs is 9. The average molecular weight is 891 g/mol. The molecule has 0 saturated carbocycles. The van der Waals surface area contributed by atoms with Crippen LogP contribution < -0.4 is 9.72 Å². The van der Waals surface area contributed by atoms with Crippen LogP contribution in [0.5, 0.6) is 11.5 Å². The zero-order valence-electron chi connectivity index (χ0n) is 30.3. The summed E-state index contributed by atoms with van der Waals surface area (Å²) in [5.74, 6) is 2.03. The van der Waals surface area contributed by atoms with E-state index in [-0.39, 0.29) is 26.5 Å². The first-order valence-electron chi connectivity index (χ1n) is 18.2. The van der Waals surface area contributed by atoms with Crippen molar-refractivity contribution in [2.24, 2.45) is 0 Å². The van der Waals surface area contributed by atoms with Crippen LogP contribution in [0.1, 0.15) is 26.3 Å². The van der Waals surface area contributed by atoms with Crippen LogP contribution in [0.3, 0.4) is 0 Å². The summed E-state index contributed by atoms with van der Waals surface area (Å²) in [6, 6.07) is 50.2. The molecule has 0 aliphatic carbocycles. The number of imidazole rings is 1. The summed E-state index contributed by atoms with van der Waals surface area (Å²) in [6.07, 6.45) is 8.67. The number of H-pyrrole nitrogens is 1. The molecule has 0 radical (unpaired) electrons. The van der Waals surface area contributed by atoms with Crippen LogP contribution in [0, 0.1) is 18.5 Å². The second-order valence-electron chi connectivity index (χ2n) is 15.0. The summed E-state index contributed by atoms with van der Waals surface area (Å²) < 4.78 is 12.9. The monoisotopic (exact) mass is 890 g/mol. The second-order valence-corrected chi connectivity index (χ2v) is 15.0. The van der Waals surface area contributed by atoms with Crippen molar-refractivity contribution in [2.75, 3.05) is 0 Å². The minimum Gasteiger partial charge on any atom is -0.510 e. The third-order valence-corrected chi connectivity index (χ3v) is 10.8. The molecule has 0 unspecified atom stereocenters. The third-order valence-electron chi connectivity index (χ3n) is 10.8. The van der Waals surface area contributed by atoms with Gasteiger partial charge in [-0.05, 0) is 63.9 Å². The molecule has 5 aromatic heterocycles. The number of hydrogen-bond acceptors (Lipinski definition) is 2. The topological polar surface area (TPSA) is 50.5 Å². The van der Waals surface area contributed by atoms with Crippen LogP contribution in [0.4, 0.5) is 0 Å². The molecule has 5 heterocycles. The van der Waals surface area contributed by atoms with Crippen LogP contribution in [0.15, 0.2) is 140 Å². The number of nitrogens with zero attached hydrogens (tertiary/aromatic N) is 4. The Kier molecular flexibility index (Phi) is 7.52. The number of hydrogen-bond donors (Lipinski definition) is 0. The van der Waals surface area contributed by atoms with Gasteiger partial charge in [0, 0.05) is 78.2 Å². The van der Waals surface area contributed by atoms with Crippen LogP contribution in [-0.2, 0) is 26.5 Å². The average Bonchev–Trinajstić information content (AvgIpc) is 3.98. The molecule has 55 heavy (non-hydrogen) atoms. The third kappa shape index (κ3) is 5.20. The molecular formula is C48H33N5OPt-2. The molecule has 0 atom stereocenters. The first kappa shape index (κ1) is 33.3. The molecule has 6 aromatic carbocycles. The molecule has 0 fully saturated rings. The molecule has 0 aliphatic heterocycles. The first-order valence-corrected chi connectivity index (χ1v) is 18.2. The molecule has 0 spiro atoms. The molecule has 0 aliphatic rings. The number of pyridine rings is 1. The van der Waals surface area contributed by atoms with E-state index >= 15 is 0 Å². The van der Waals surface area contributed by atoms with Gasteiger partial charge in [0.2, 0.25) is 6.33 Å². The SMILES string of the molecule is CC(C)(C)c1ccnc(-n2c3[c-]c(Oc4[c-]c(-n5[c-][nH+]cc5)ccc4)ccc3c3cc(-c4ccc5c(c4)c4cccc6c7ccccc7n5c64)ccc32)c1.[Pt]. The number of aromatic amines is 1. The Morgan fingerprint density at radius 1 is 0.636 bits per heavy atom. The number of ether oxygens (including phenoxy) is 1. The van der Waals surface area contributed by atoms with E-state index in [4.69, 9.17) is 9.72 Å². The Hall–Kier alpha value is -6.23. The van der Waals surface area contributed by atoms with Gasteiger partial charge in [0.05, 0.1) is 16.6 Å². The van der Waals surface area contributed by atoms with Crippen LogP contribution in [0.2, 0.25) is 0 Å². The minimum atomic E-state index is -0.0392. The largest absolute Gasteiger partial charge is 0.510 e. The normalized spacial score (nSPS) is 12.1. The second kappa shape index (κ2) is 12.4. The number of benzene rings is 6. The number of para-hydroxylation sites is 2. The van der Waals surface area contributed by atoms with E-state index in [1.807, 2.05) is 47.4 Å². The fourth-order valence-corrected chi connectivity index (χ4v) is 8.17. The van der Waals surface area contributed by atoms with Crippen molar-refractivity contribution in [2.45, 2.75) is 26.2 Å². The molecule has 0 bridgehead atoms. The Balaban J connectivity index is 0.00000372. The van der Waals surface area contributed by atoms with Gasteiger partial charge in [0.1, 0.15) is 5.82 Å². The van der Waals surface area contributed by atoms with E-state index in [1.165, 1.54) is 49.2 Å². The summed E-state index contributed by atoms with van der Waals surface area (Å²) in [7, 11) is 0. The smallest absolute Gasteiger partial charge is 0.239 e. The predicted octanol–water partition coefficient (Wildman–Crippen LogP) is 11.1. The van der Waals surface area contributed by atoms with E-state index in [2.05, 4.69) is 150 Å². The van der Waals surface area contributed by atoms with Crippen LogP contribution in [-0.4, -0.2) is 18.5 Å². The fraction of sp³-hybridized carbons (Fsp3) is 0.0833. The van der Waals surface area contributed by atoms with Crippen molar-refractivity contribution >= 4 is 59.9 Å². The Labute approximate surface area is 331 Å². The maximum atomic E-state index is 6.41. The van der Waals surface area contributed by atoms with Crippen LogP contribution >= 0.6 is 0 Å². The van der Waals surface area contributed by atoms with E-state index in [1.54, 1.807) is 0 Å². The van der Waals surface area contributed by atoms with Gasteiger partial charge in [-0.3, -0.25) is 0 Å². The summed E-state index contributed by atoms with van der Waals surface area (Å²) in [5.41, 5.74) is 10.0. The number of nitrogens with one attached hydrogen (secondary N) is 1. The quantitative estimate of drug-likeness (QED) is 0.162. The molecule has 1 N–H and O–H groups in total. The van der Waals surface area contributed by atoms with Gasteiger partial charge in [0.15, 0.2) is 0 Å². The summed E-state index contributed by atoms with van der Waals surface area (Å²) in [5, 5.41) is 7.32. The van der Waals surface area contributed by atoms with Gasteiger partial charge in [-0.25, -0.2) is 4.98 Å². The van der Waals surface area contributed by atoms with Crippen molar-refractivity contribution in [1.82, 2.24) is 18.5 Å². The van der Waals surface area contributed by atoms with E-state index in [0.717, 1.165) is 38.9 Å². The molecule has 268 valence electrons. The van der Waals surface area contributed by atoms with Gasteiger partial charge in [0.25, 0.3) is 0 Å². The molecular weight excluding hydrogens is 858 g/mol. The van der Waals surface area contributed by atoms with Crippen molar-refractivity contribution in [3.05, 3.63) is 164 Å². The maximum Gasteiger partial charge on any atom is 0.239 e. The van der Waals surface area contributed by atoms with Crippen molar-refractivity contribution in [3.8, 4) is 34.1 Å². The van der Waals surface area contributed by atoms with Gasteiger partial charge < -0.3 is 23.3 Å². The zero-order chi connectivity index (χ0) is 36.1. The number of rotatable bonds is 5. The van der Waals surface area contributed by atoms with Gasteiger partial charge >= 0.3 is 0 Å².